The minimum Gasteiger partial charge on any atom is -0.480 e. The Kier molecular flexibility index (Phi) is 4.50. The van der Waals surface area contributed by atoms with Crippen LogP contribution in [0, 0.1) is 0 Å². The molecule has 0 aromatic carbocycles. The van der Waals surface area contributed by atoms with Crippen molar-refractivity contribution in [3.05, 3.63) is 0 Å². The van der Waals surface area contributed by atoms with Crippen molar-refractivity contribution < 1.29 is 24.2 Å². The zero-order valence-electron chi connectivity index (χ0n) is 7.44. The third-order valence-electron chi connectivity index (χ3n) is 1.17. The second-order valence-electron chi connectivity index (χ2n) is 2.28. The molecular weight excluding hydrogens is 178 g/mol. The van der Waals surface area contributed by atoms with E-state index >= 15 is 0 Å². The fraction of sp³-hybridized carbons (Fsp3) is 0.571. The molecule has 0 heterocycles. The number of hydrogen-bond acceptors (Lipinski definition) is 4. The van der Waals surface area contributed by atoms with Gasteiger partial charge in [0.1, 0.15) is 6.54 Å². The van der Waals surface area contributed by atoms with E-state index in [0.29, 0.717) is 0 Å². The first-order valence-electron chi connectivity index (χ1n) is 3.63. The van der Waals surface area contributed by atoms with Crippen LogP contribution in [-0.4, -0.2) is 48.1 Å². The summed E-state index contributed by atoms with van der Waals surface area (Å²) < 4.78 is 4.38. The van der Waals surface area contributed by atoms with Crippen molar-refractivity contribution in [3.8, 4) is 0 Å². The van der Waals surface area contributed by atoms with E-state index in [0.717, 1.165) is 4.90 Å². The number of carbonyl (C=O) groups excluding carboxylic acids is 2. The van der Waals surface area contributed by atoms with Crippen molar-refractivity contribution in [2.24, 2.45) is 0 Å². The van der Waals surface area contributed by atoms with Gasteiger partial charge in [0.25, 0.3) is 0 Å². The molecule has 0 aliphatic heterocycles. The first-order chi connectivity index (χ1) is 5.99. The average Bonchev–Trinajstić information content (AvgIpc) is 2.02. The van der Waals surface area contributed by atoms with Crippen molar-refractivity contribution in [1.29, 1.82) is 0 Å². The molecule has 0 radical (unpaired) electrons. The van der Waals surface area contributed by atoms with Crippen LogP contribution >= 0.6 is 0 Å². The molecule has 0 bridgehead atoms. The van der Waals surface area contributed by atoms with Gasteiger partial charge in [0.05, 0.1) is 6.61 Å². The Morgan fingerprint density at radius 1 is 1.38 bits per heavy atom. The Morgan fingerprint density at radius 2 is 1.92 bits per heavy atom. The highest BCUT2D eigenvalue weighted by Crippen LogP contribution is 1.88. The average molecular weight is 189 g/mol. The van der Waals surface area contributed by atoms with E-state index < -0.39 is 24.4 Å². The van der Waals surface area contributed by atoms with Crippen LogP contribution in [0.25, 0.3) is 0 Å². The lowest BCUT2D eigenvalue weighted by Gasteiger charge is -2.12. The van der Waals surface area contributed by atoms with E-state index in [2.05, 4.69) is 4.74 Å². The SMILES string of the molecule is CCOC(=O)C(=O)N(C)CC(=O)O. The molecule has 0 aromatic heterocycles. The number of amides is 1. The summed E-state index contributed by atoms with van der Waals surface area (Å²) in [7, 11) is 1.22. The van der Waals surface area contributed by atoms with E-state index in [9.17, 15) is 14.4 Å². The minimum absolute atomic E-state index is 0.0888. The highest BCUT2D eigenvalue weighted by atomic mass is 16.5. The maximum Gasteiger partial charge on any atom is 0.397 e. The van der Waals surface area contributed by atoms with Crippen LogP contribution in [-0.2, 0) is 19.1 Å². The second-order valence-corrected chi connectivity index (χ2v) is 2.28. The normalized spacial score (nSPS) is 9.08. The molecule has 0 saturated carbocycles. The fourth-order valence-electron chi connectivity index (χ4n) is 0.623. The van der Waals surface area contributed by atoms with Gasteiger partial charge in [-0.2, -0.15) is 0 Å². The summed E-state index contributed by atoms with van der Waals surface area (Å²) in [6, 6.07) is 0. The predicted octanol–water partition coefficient (Wildman–Crippen LogP) is -0.907. The van der Waals surface area contributed by atoms with Crippen LogP contribution in [0.1, 0.15) is 6.92 Å². The lowest BCUT2D eigenvalue weighted by Crippen LogP contribution is -2.37. The van der Waals surface area contributed by atoms with E-state index in [1.807, 2.05) is 0 Å². The van der Waals surface area contributed by atoms with Crippen LogP contribution in [0.15, 0.2) is 0 Å². The van der Waals surface area contributed by atoms with Gasteiger partial charge in [-0.1, -0.05) is 0 Å². The summed E-state index contributed by atoms with van der Waals surface area (Å²) in [5.41, 5.74) is 0. The molecule has 1 N–H and O–H groups in total. The predicted molar refractivity (Wildman–Crippen MR) is 41.9 cm³/mol. The third kappa shape index (κ3) is 4.09. The highest BCUT2D eigenvalue weighted by Gasteiger charge is 2.21. The quantitative estimate of drug-likeness (QED) is 0.459. The number of rotatable bonds is 3. The first-order valence-corrected chi connectivity index (χ1v) is 3.63. The largest absolute Gasteiger partial charge is 0.480 e. The smallest absolute Gasteiger partial charge is 0.397 e. The molecule has 74 valence electrons. The molecule has 6 nitrogen and oxygen atoms in total. The molecule has 0 spiro atoms. The number of ether oxygens (including phenoxy) is 1. The summed E-state index contributed by atoms with van der Waals surface area (Å²) in [6.07, 6.45) is 0. The second kappa shape index (κ2) is 5.13. The molecular formula is C7H11NO5. The van der Waals surface area contributed by atoms with Crippen molar-refractivity contribution in [2.45, 2.75) is 6.92 Å². The van der Waals surface area contributed by atoms with Crippen LogP contribution in [0.4, 0.5) is 0 Å². The third-order valence-corrected chi connectivity index (χ3v) is 1.17. The van der Waals surface area contributed by atoms with Gasteiger partial charge >= 0.3 is 17.8 Å². The minimum atomic E-state index is -1.18. The van der Waals surface area contributed by atoms with Crippen LogP contribution in [0.5, 0.6) is 0 Å². The molecule has 13 heavy (non-hydrogen) atoms. The van der Waals surface area contributed by atoms with E-state index in [1.54, 1.807) is 6.92 Å². The zero-order chi connectivity index (χ0) is 10.4. The number of hydrogen-bond donors (Lipinski definition) is 1. The van der Waals surface area contributed by atoms with Crippen LogP contribution in [0.3, 0.4) is 0 Å². The summed E-state index contributed by atoms with van der Waals surface area (Å²) in [6.45, 7) is 1.13. The molecule has 0 unspecified atom stereocenters. The molecule has 1 amide bonds. The molecule has 0 rings (SSSR count). The van der Waals surface area contributed by atoms with Gasteiger partial charge in [-0.05, 0) is 6.92 Å². The molecule has 0 aliphatic rings. The van der Waals surface area contributed by atoms with Gasteiger partial charge in [0, 0.05) is 7.05 Å². The number of carboxylic acids is 1. The maximum atomic E-state index is 11.0. The van der Waals surface area contributed by atoms with Gasteiger partial charge in [-0.3, -0.25) is 9.59 Å². The summed E-state index contributed by atoms with van der Waals surface area (Å²) >= 11 is 0. The molecule has 0 aromatic rings. The van der Waals surface area contributed by atoms with Crippen LogP contribution in [0.2, 0.25) is 0 Å². The van der Waals surface area contributed by atoms with E-state index in [1.165, 1.54) is 7.05 Å². The molecule has 6 heteroatoms. The number of carbonyl (C=O) groups is 3. The van der Waals surface area contributed by atoms with E-state index in [4.69, 9.17) is 5.11 Å². The van der Waals surface area contributed by atoms with Crippen molar-refractivity contribution in [3.63, 3.8) is 0 Å². The van der Waals surface area contributed by atoms with Gasteiger partial charge in [0.2, 0.25) is 0 Å². The zero-order valence-corrected chi connectivity index (χ0v) is 7.44. The lowest BCUT2D eigenvalue weighted by molar-refractivity contribution is -0.160. The topological polar surface area (TPSA) is 83.9 Å². The Labute approximate surface area is 75.1 Å². The van der Waals surface area contributed by atoms with Crippen molar-refractivity contribution >= 4 is 17.8 Å². The molecule has 0 aliphatic carbocycles. The molecule has 0 fully saturated rings. The summed E-state index contributed by atoms with van der Waals surface area (Å²) in [5.74, 6) is -3.17. The number of esters is 1. The Bertz CT molecular complexity index is 225. The summed E-state index contributed by atoms with van der Waals surface area (Å²) in [5, 5.41) is 8.30. The van der Waals surface area contributed by atoms with Gasteiger partial charge in [-0.25, -0.2) is 4.79 Å². The molecule has 0 saturated heterocycles. The first kappa shape index (κ1) is 11.4. The van der Waals surface area contributed by atoms with Gasteiger partial charge < -0.3 is 14.7 Å². The highest BCUT2D eigenvalue weighted by molar-refractivity contribution is 6.32. The fourth-order valence-corrected chi connectivity index (χ4v) is 0.623. The lowest BCUT2D eigenvalue weighted by atomic mass is 10.5. The Balaban J connectivity index is 4.09. The Hall–Kier alpha value is -1.59. The maximum absolute atomic E-state index is 11.0. The standard InChI is InChI=1S/C7H11NO5/c1-3-13-7(12)6(11)8(2)4-5(9)10/h3-4H2,1-2H3,(H,9,10). The molecule has 0 atom stereocenters. The number of aliphatic carboxylic acids is 1. The van der Waals surface area contributed by atoms with E-state index in [-0.39, 0.29) is 6.61 Å². The number of carboxylic acid groups (broad SMARTS) is 1. The van der Waals surface area contributed by atoms with Crippen molar-refractivity contribution in [1.82, 2.24) is 4.90 Å². The Morgan fingerprint density at radius 3 is 2.31 bits per heavy atom. The number of nitrogens with zero attached hydrogens (tertiary/aromatic N) is 1. The van der Waals surface area contributed by atoms with Crippen molar-refractivity contribution in [2.75, 3.05) is 20.2 Å². The monoisotopic (exact) mass is 189 g/mol. The number of likely N-dealkylation sites (N-methyl/N-ethyl adjacent to an activating group) is 1. The van der Waals surface area contributed by atoms with Gasteiger partial charge in [-0.15, -0.1) is 0 Å². The summed E-state index contributed by atoms with van der Waals surface area (Å²) in [4.78, 5) is 32.6. The van der Waals surface area contributed by atoms with Crippen LogP contribution < -0.4 is 0 Å². The van der Waals surface area contributed by atoms with Gasteiger partial charge in [0.15, 0.2) is 0 Å².